The van der Waals surface area contributed by atoms with E-state index in [0.29, 0.717) is 6.54 Å². The zero-order valence-electron chi connectivity index (χ0n) is 8.21. The van der Waals surface area contributed by atoms with Crippen LogP contribution in [0.5, 0.6) is 0 Å². The molecule has 0 aliphatic carbocycles. The van der Waals surface area contributed by atoms with Gasteiger partial charge in [0.2, 0.25) is 0 Å². The van der Waals surface area contributed by atoms with Crippen molar-refractivity contribution in [3.8, 4) is 0 Å². The number of halogens is 1. The van der Waals surface area contributed by atoms with E-state index in [1.807, 2.05) is 30.7 Å². The fraction of sp³-hybridized carbons (Fsp3) is 0.300. The molecule has 0 fully saturated rings. The number of nitrogens with zero attached hydrogens (tertiary/aromatic N) is 2. The lowest BCUT2D eigenvalue weighted by Gasteiger charge is -2.01. The molecular formula is C10H12ClN3. The van der Waals surface area contributed by atoms with Crippen molar-refractivity contribution in [1.29, 1.82) is 0 Å². The molecule has 74 valence electrons. The number of hydrogen-bond acceptors (Lipinski definition) is 2. The number of aryl methyl sites for hydroxylation is 2. The average molecular weight is 210 g/mol. The van der Waals surface area contributed by atoms with Crippen LogP contribution in [0.4, 0.5) is 0 Å². The van der Waals surface area contributed by atoms with Crippen LogP contribution >= 0.6 is 11.6 Å². The second kappa shape index (κ2) is 3.26. The van der Waals surface area contributed by atoms with E-state index in [1.54, 1.807) is 0 Å². The Morgan fingerprint density at radius 3 is 2.86 bits per heavy atom. The van der Waals surface area contributed by atoms with Gasteiger partial charge in [-0.3, -0.25) is 0 Å². The van der Waals surface area contributed by atoms with Gasteiger partial charge in [0.25, 0.3) is 0 Å². The summed E-state index contributed by atoms with van der Waals surface area (Å²) in [6.45, 7) is 2.47. The molecule has 0 saturated carbocycles. The van der Waals surface area contributed by atoms with E-state index >= 15 is 0 Å². The minimum absolute atomic E-state index is 0.447. The van der Waals surface area contributed by atoms with Crippen molar-refractivity contribution in [3.05, 3.63) is 28.5 Å². The molecule has 14 heavy (non-hydrogen) atoms. The van der Waals surface area contributed by atoms with Gasteiger partial charge < -0.3 is 10.3 Å². The fourth-order valence-corrected chi connectivity index (χ4v) is 2.03. The van der Waals surface area contributed by atoms with Crippen LogP contribution in [0.2, 0.25) is 5.02 Å². The summed E-state index contributed by atoms with van der Waals surface area (Å²) in [4.78, 5) is 4.41. The lowest BCUT2D eigenvalue weighted by molar-refractivity contribution is 0.811. The van der Waals surface area contributed by atoms with Crippen molar-refractivity contribution in [2.45, 2.75) is 13.5 Å². The first-order valence-electron chi connectivity index (χ1n) is 4.45. The summed E-state index contributed by atoms with van der Waals surface area (Å²) in [7, 11) is 1.97. The van der Waals surface area contributed by atoms with Crippen molar-refractivity contribution < 1.29 is 0 Å². The maximum atomic E-state index is 5.95. The van der Waals surface area contributed by atoms with Crippen molar-refractivity contribution in [2.75, 3.05) is 0 Å². The van der Waals surface area contributed by atoms with Crippen LogP contribution in [0.15, 0.2) is 12.1 Å². The minimum atomic E-state index is 0.447. The molecular weight excluding hydrogens is 198 g/mol. The smallest absolute Gasteiger partial charge is 0.123 e. The topological polar surface area (TPSA) is 43.8 Å². The van der Waals surface area contributed by atoms with E-state index < -0.39 is 0 Å². The van der Waals surface area contributed by atoms with Crippen molar-refractivity contribution in [1.82, 2.24) is 9.55 Å². The van der Waals surface area contributed by atoms with Gasteiger partial charge in [-0.25, -0.2) is 4.98 Å². The second-order valence-corrected chi connectivity index (χ2v) is 3.82. The summed E-state index contributed by atoms with van der Waals surface area (Å²) < 4.78 is 2.01. The third kappa shape index (κ3) is 1.29. The zero-order valence-corrected chi connectivity index (χ0v) is 8.97. The quantitative estimate of drug-likeness (QED) is 0.781. The fourth-order valence-electron chi connectivity index (χ4n) is 1.77. The third-order valence-electron chi connectivity index (χ3n) is 2.40. The summed E-state index contributed by atoms with van der Waals surface area (Å²) >= 11 is 5.95. The molecule has 2 rings (SSSR count). The molecule has 1 heterocycles. The molecule has 3 nitrogen and oxygen atoms in total. The first kappa shape index (κ1) is 9.49. The third-order valence-corrected chi connectivity index (χ3v) is 2.62. The van der Waals surface area contributed by atoms with Gasteiger partial charge in [-0.05, 0) is 24.6 Å². The Morgan fingerprint density at radius 1 is 1.50 bits per heavy atom. The molecule has 1 aromatic carbocycles. The summed E-state index contributed by atoms with van der Waals surface area (Å²) in [5.74, 6) is 0.880. The number of benzene rings is 1. The van der Waals surface area contributed by atoms with Crippen LogP contribution in [-0.4, -0.2) is 9.55 Å². The van der Waals surface area contributed by atoms with Crippen LogP contribution < -0.4 is 5.73 Å². The Morgan fingerprint density at radius 2 is 2.21 bits per heavy atom. The Kier molecular flexibility index (Phi) is 2.21. The van der Waals surface area contributed by atoms with Gasteiger partial charge >= 0.3 is 0 Å². The molecule has 0 atom stereocenters. The lowest BCUT2D eigenvalue weighted by atomic mass is 10.2. The molecule has 4 heteroatoms. The highest BCUT2D eigenvalue weighted by Gasteiger charge is 2.09. The molecule has 0 aliphatic heterocycles. The number of fused-ring (bicyclic) bond motifs is 1. The van der Waals surface area contributed by atoms with Crippen molar-refractivity contribution in [2.24, 2.45) is 12.8 Å². The van der Waals surface area contributed by atoms with Crippen LogP contribution in [-0.2, 0) is 13.6 Å². The van der Waals surface area contributed by atoms with Gasteiger partial charge in [0.05, 0.1) is 17.6 Å². The average Bonchev–Trinajstić information content (AvgIpc) is 2.42. The minimum Gasteiger partial charge on any atom is -0.330 e. The highest BCUT2D eigenvalue weighted by atomic mass is 35.5. The van der Waals surface area contributed by atoms with Crippen LogP contribution in [0, 0.1) is 6.92 Å². The molecule has 2 aromatic rings. The number of nitrogens with two attached hydrogens (primary N) is 1. The summed E-state index contributed by atoms with van der Waals surface area (Å²) in [6.07, 6.45) is 0. The number of hydrogen-bond donors (Lipinski definition) is 1. The van der Waals surface area contributed by atoms with Crippen molar-refractivity contribution >= 4 is 22.6 Å². The Hall–Kier alpha value is -1.06. The van der Waals surface area contributed by atoms with Gasteiger partial charge in [0, 0.05) is 12.1 Å². The van der Waals surface area contributed by atoms with Gasteiger partial charge in [0.1, 0.15) is 5.82 Å². The predicted octanol–water partition coefficient (Wildman–Crippen LogP) is 1.99. The number of imidazole rings is 1. The molecule has 0 aliphatic rings. The van der Waals surface area contributed by atoms with Gasteiger partial charge in [-0.1, -0.05) is 11.6 Å². The zero-order chi connectivity index (χ0) is 10.3. The number of aromatic nitrogens is 2. The summed E-state index contributed by atoms with van der Waals surface area (Å²) in [5.41, 5.74) is 8.73. The molecule has 1 aromatic heterocycles. The van der Waals surface area contributed by atoms with Gasteiger partial charge in [-0.15, -0.1) is 0 Å². The first-order chi connectivity index (χ1) is 6.63. The van der Waals surface area contributed by atoms with E-state index in [-0.39, 0.29) is 0 Å². The number of rotatable bonds is 1. The van der Waals surface area contributed by atoms with E-state index in [2.05, 4.69) is 4.98 Å². The first-order valence-corrected chi connectivity index (χ1v) is 4.83. The van der Waals surface area contributed by atoms with E-state index in [9.17, 15) is 0 Å². The standard InChI is InChI=1S/C10H12ClN3/c1-6-3-7(11)4-8-10(6)14(2)9(5-12)13-8/h3-4H,5,12H2,1-2H3. The van der Waals surface area contributed by atoms with Crippen LogP contribution in [0.3, 0.4) is 0 Å². The molecule has 0 saturated heterocycles. The van der Waals surface area contributed by atoms with Gasteiger partial charge in [0.15, 0.2) is 0 Å². The monoisotopic (exact) mass is 209 g/mol. The van der Waals surface area contributed by atoms with Gasteiger partial charge in [-0.2, -0.15) is 0 Å². The SMILES string of the molecule is Cc1cc(Cl)cc2nc(CN)n(C)c12. The van der Waals surface area contributed by atoms with E-state index in [0.717, 1.165) is 27.4 Å². The largest absolute Gasteiger partial charge is 0.330 e. The molecule has 0 radical (unpaired) electrons. The molecule has 0 bridgehead atoms. The summed E-state index contributed by atoms with van der Waals surface area (Å²) in [5, 5.41) is 0.719. The maximum absolute atomic E-state index is 5.95. The Labute approximate surface area is 87.5 Å². The maximum Gasteiger partial charge on any atom is 0.123 e. The van der Waals surface area contributed by atoms with E-state index in [4.69, 9.17) is 17.3 Å². The van der Waals surface area contributed by atoms with Crippen LogP contribution in [0.1, 0.15) is 11.4 Å². The van der Waals surface area contributed by atoms with E-state index in [1.165, 1.54) is 0 Å². The molecule has 0 unspecified atom stereocenters. The predicted molar refractivity (Wildman–Crippen MR) is 58.4 cm³/mol. The van der Waals surface area contributed by atoms with Crippen LogP contribution in [0.25, 0.3) is 11.0 Å². The highest BCUT2D eigenvalue weighted by Crippen LogP contribution is 2.23. The lowest BCUT2D eigenvalue weighted by Crippen LogP contribution is -2.04. The highest BCUT2D eigenvalue weighted by molar-refractivity contribution is 6.31. The summed E-state index contributed by atoms with van der Waals surface area (Å²) in [6, 6.07) is 3.80. The molecule has 0 spiro atoms. The Bertz CT molecular complexity index is 488. The normalized spacial score (nSPS) is 11.1. The van der Waals surface area contributed by atoms with Crippen molar-refractivity contribution in [3.63, 3.8) is 0 Å². The molecule has 2 N–H and O–H groups in total. The molecule has 0 amide bonds. The Balaban J connectivity index is 2.85. The second-order valence-electron chi connectivity index (χ2n) is 3.38.